The summed E-state index contributed by atoms with van der Waals surface area (Å²) in [6, 6.07) is 22.1. The third-order valence-electron chi connectivity index (χ3n) is 8.52. The predicted molar refractivity (Wildman–Crippen MR) is 167 cm³/mol. The molecule has 9 nitrogen and oxygen atoms in total. The zero-order valence-electron chi connectivity index (χ0n) is 25.0. The number of sulfonamides is 1. The standard InChI is InChI=1S/C33H36N6O3S/c1-23-17-24(2)32(43(41,42)39-16-14-37(22-26(39)4)31-12-8-6-10-28(31)20-35)18-29(23)33(40)38-15-13-36(21-25(38)3)30-11-7-5-9-27(30)19-34/h5-12,17-18,25-26H,13-16,21-22H2,1-4H3/t25-,26-/m0/s1. The van der Waals surface area contributed by atoms with Crippen molar-refractivity contribution in [2.45, 2.75) is 44.7 Å². The molecule has 0 radical (unpaired) electrons. The number of benzene rings is 3. The van der Waals surface area contributed by atoms with Crippen molar-refractivity contribution in [3.63, 3.8) is 0 Å². The lowest BCUT2D eigenvalue weighted by Gasteiger charge is -2.41. The molecule has 43 heavy (non-hydrogen) atoms. The summed E-state index contributed by atoms with van der Waals surface area (Å²) >= 11 is 0. The van der Waals surface area contributed by atoms with Crippen LogP contribution in [0.1, 0.15) is 46.5 Å². The summed E-state index contributed by atoms with van der Waals surface area (Å²) in [5, 5.41) is 19.1. The third kappa shape index (κ3) is 5.69. The molecule has 3 aromatic carbocycles. The first kappa shape index (κ1) is 30.1. The van der Waals surface area contributed by atoms with Crippen LogP contribution < -0.4 is 9.80 Å². The molecule has 0 bridgehead atoms. The van der Waals surface area contributed by atoms with Crippen LogP contribution in [0.15, 0.2) is 65.6 Å². The molecule has 2 fully saturated rings. The lowest BCUT2D eigenvalue weighted by Crippen LogP contribution is -2.54. The first-order valence-corrected chi connectivity index (χ1v) is 15.9. The Morgan fingerprint density at radius 3 is 1.84 bits per heavy atom. The van der Waals surface area contributed by atoms with Crippen LogP contribution in [0.3, 0.4) is 0 Å². The molecule has 2 heterocycles. The maximum absolute atomic E-state index is 14.1. The number of nitrogens with zero attached hydrogens (tertiary/aromatic N) is 6. The molecule has 0 aromatic heterocycles. The van der Waals surface area contributed by atoms with Crippen molar-refractivity contribution in [3.05, 3.63) is 88.5 Å². The van der Waals surface area contributed by atoms with Crippen molar-refractivity contribution >= 4 is 27.3 Å². The van der Waals surface area contributed by atoms with E-state index in [4.69, 9.17) is 0 Å². The molecule has 0 spiro atoms. The van der Waals surface area contributed by atoms with Crippen molar-refractivity contribution in [1.29, 1.82) is 10.5 Å². The minimum absolute atomic E-state index is 0.141. The molecule has 0 N–H and O–H groups in total. The summed E-state index contributed by atoms with van der Waals surface area (Å²) in [6.45, 7) is 10.2. The second kappa shape index (κ2) is 12.1. The number of nitriles is 2. The molecule has 10 heteroatoms. The number of hydrogen-bond acceptors (Lipinski definition) is 7. The monoisotopic (exact) mass is 596 g/mol. The summed E-state index contributed by atoms with van der Waals surface area (Å²) in [5.74, 6) is -0.194. The van der Waals surface area contributed by atoms with Crippen molar-refractivity contribution in [2.75, 3.05) is 49.1 Å². The molecule has 1 amide bonds. The van der Waals surface area contributed by atoms with Crippen LogP contribution in [-0.2, 0) is 10.0 Å². The Bertz CT molecular complexity index is 1740. The molecule has 2 aliphatic rings. The molecular formula is C33H36N6O3S. The SMILES string of the molecule is Cc1cc(C)c(S(=O)(=O)N2CCN(c3ccccc3C#N)C[C@@H]2C)cc1C(=O)N1CCN(c2ccccc2C#N)C[C@@H]1C. The van der Waals surface area contributed by atoms with Crippen LogP contribution >= 0.6 is 0 Å². The van der Waals surface area contributed by atoms with E-state index < -0.39 is 10.0 Å². The number of anilines is 2. The van der Waals surface area contributed by atoms with Crippen LogP contribution in [-0.4, -0.2) is 74.9 Å². The van der Waals surface area contributed by atoms with E-state index in [0.29, 0.717) is 55.0 Å². The highest BCUT2D eigenvalue weighted by Gasteiger charge is 2.37. The van der Waals surface area contributed by atoms with Crippen molar-refractivity contribution in [2.24, 2.45) is 0 Å². The first-order valence-electron chi connectivity index (χ1n) is 14.5. The molecule has 5 rings (SSSR count). The molecule has 2 saturated heterocycles. The van der Waals surface area contributed by atoms with Gasteiger partial charge in [-0.25, -0.2) is 8.42 Å². The maximum atomic E-state index is 14.1. The van der Waals surface area contributed by atoms with Gasteiger partial charge in [0.15, 0.2) is 0 Å². The smallest absolute Gasteiger partial charge is 0.254 e. The van der Waals surface area contributed by atoms with Crippen LogP contribution in [0.2, 0.25) is 0 Å². The van der Waals surface area contributed by atoms with Crippen molar-refractivity contribution < 1.29 is 13.2 Å². The Hall–Kier alpha value is -4.38. The average molecular weight is 597 g/mol. The highest BCUT2D eigenvalue weighted by atomic mass is 32.2. The van der Waals surface area contributed by atoms with Gasteiger partial charge in [0.25, 0.3) is 5.91 Å². The molecule has 0 saturated carbocycles. The minimum atomic E-state index is -3.90. The van der Waals surface area contributed by atoms with Gasteiger partial charge in [0.1, 0.15) is 12.1 Å². The number of carbonyl (C=O) groups is 1. The van der Waals surface area contributed by atoms with Gasteiger partial charge in [-0.05, 0) is 69.2 Å². The quantitative estimate of drug-likeness (QED) is 0.432. The number of amides is 1. The van der Waals surface area contributed by atoms with E-state index in [2.05, 4.69) is 21.9 Å². The van der Waals surface area contributed by atoms with Crippen molar-refractivity contribution in [1.82, 2.24) is 9.21 Å². The number of para-hydroxylation sites is 2. The average Bonchev–Trinajstić information content (AvgIpc) is 3.00. The summed E-state index contributed by atoms with van der Waals surface area (Å²) in [6.07, 6.45) is 0. The number of piperazine rings is 2. The van der Waals surface area contributed by atoms with E-state index in [1.165, 1.54) is 4.31 Å². The van der Waals surface area contributed by atoms with Gasteiger partial charge >= 0.3 is 0 Å². The van der Waals surface area contributed by atoms with E-state index in [9.17, 15) is 23.7 Å². The third-order valence-corrected chi connectivity index (χ3v) is 10.7. The lowest BCUT2D eigenvalue weighted by atomic mass is 10.0. The molecule has 3 aromatic rings. The summed E-state index contributed by atoms with van der Waals surface area (Å²) in [4.78, 5) is 20.0. The van der Waals surface area contributed by atoms with E-state index in [1.807, 2.05) is 57.2 Å². The molecular weight excluding hydrogens is 560 g/mol. The Morgan fingerprint density at radius 1 is 0.767 bits per heavy atom. The van der Waals surface area contributed by atoms with Crippen LogP contribution in [0, 0.1) is 36.5 Å². The zero-order valence-corrected chi connectivity index (χ0v) is 25.8. The lowest BCUT2D eigenvalue weighted by molar-refractivity contribution is 0.0673. The van der Waals surface area contributed by atoms with Gasteiger partial charge in [-0.15, -0.1) is 0 Å². The van der Waals surface area contributed by atoms with Crippen LogP contribution in [0.25, 0.3) is 0 Å². The highest BCUT2D eigenvalue weighted by Crippen LogP contribution is 2.31. The number of hydrogen-bond donors (Lipinski definition) is 0. The topological polar surface area (TPSA) is 112 Å². The first-order chi connectivity index (χ1) is 20.6. The fourth-order valence-electron chi connectivity index (χ4n) is 6.30. The van der Waals surface area contributed by atoms with Gasteiger partial charge in [0.2, 0.25) is 10.0 Å². The van der Waals surface area contributed by atoms with Gasteiger partial charge < -0.3 is 14.7 Å². The van der Waals surface area contributed by atoms with Gasteiger partial charge in [0.05, 0.1) is 27.4 Å². The van der Waals surface area contributed by atoms with Crippen LogP contribution in [0.4, 0.5) is 11.4 Å². The fraction of sp³-hybridized carbons (Fsp3) is 0.364. The second-order valence-electron chi connectivity index (χ2n) is 11.4. The van der Waals surface area contributed by atoms with Gasteiger partial charge in [-0.2, -0.15) is 14.8 Å². The number of aryl methyl sites for hydroxylation is 2. The van der Waals surface area contributed by atoms with Gasteiger partial charge in [-0.1, -0.05) is 30.3 Å². The Labute approximate surface area is 254 Å². The Morgan fingerprint density at radius 2 is 1.30 bits per heavy atom. The predicted octanol–water partition coefficient (Wildman–Crippen LogP) is 4.30. The Balaban J connectivity index is 1.36. The van der Waals surface area contributed by atoms with E-state index in [0.717, 1.165) is 16.9 Å². The summed E-state index contributed by atoms with van der Waals surface area (Å²) in [5.41, 5.74) is 4.54. The number of carbonyl (C=O) groups excluding carboxylic acids is 1. The van der Waals surface area contributed by atoms with E-state index in [1.54, 1.807) is 36.1 Å². The van der Waals surface area contributed by atoms with Crippen LogP contribution in [0.5, 0.6) is 0 Å². The zero-order chi connectivity index (χ0) is 30.9. The molecule has 0 unspecified atom stereocenters. The van der Waals surface area contributed by atoms with Gasteiger partial charge in [-0.3, -0.25) is 4.79 Å². The summed E-state index contributed by atoms with van der Waals surface area (Å²) < 4.78 is 29.7. The molecule has 2 atom stereocenters. The van der Waals surface area contributed by atoms with E-state index >= 15 is 0 Å². The molecule has 2 aliphatic heterocycles. The summed E-state index contributed by atoms with van der Waals surface area (Å²) in [7, 11) is -3.90. The normalized spacial score (nSPS) is 19.5. The van der Waals surface area contributed by atoms with E-state index in [-0.39, 0.29) is 29.4 Å². The Kier molecular flexibility index (Phi) is 8.45. The minimum Gasteiger partial charge on any atom is -0.368 e. The molecule has 222 valence electrons. The fourth-order valence-corrected chi connectivity index (χ4v) is 8.15. The second-order valence-corrected chi connectivity index (χ2v) is 13.3. The van der Waals surface area contributed by atoms with Crippen molar-refractivity contribution in [3.8, 4) is 12.1 Å². The highest BCUT2D eigenvalue weighted by molar-refractivity contribution is 7.89. The largest absolute Gasteiger partial charge is 0.368 e. The number of rotatable bonds is 5. The molecule has 0 aliphatic carbocycles. The van der Waals surface area contributed by atoms with Gasteiger partial charge in [0, 0.05) is 56.9 Å². The maximum Gasteiger partial charge on any atom is 0.254 e.